The third-order valence-electron chi connectivity index (χ3n) is 5.85. The molecule has 7 nitrogen and oxygen atoms in total. The maximum Gasteiger partial charge on any atom is 0.254 e. The van der Waals surface area contributed by atoms with Gasteiger partial charge in [-0.15, -0.1) is 0 Å². The Hall–Kier alpha value is -2.70. The summed E-state index contributed by atoms with van der Waals surface area (Å²) in [5.41, 5.74) is 8.35. The predicted molar refractivity (Wildman–Crippen MR) is 109 cm³/mol. The average Bonchev–Trinajstić information content (AvgIpc) is 2.68. The second-order valence-corrected chi connectivity index (χ2v) is 8.13. The van der Waals surface area contributed by atoms with Crippen molar-refractivity contribution < 1.29 is 4.79 Å². The van der Waals surface area contributed by atoms with Crippen LogP contribution in [0.2, 0.25) is 0 Å². The minimum Gasteiger partial charge on any atom is -0.366 e. The lowest BCUT2D eigenvalue weighted by Crippen LogP contribution is -2.30. The summed E-state index contributed by atoms with van der Waals surface area (Å²) in [6, 6.07) is 4.67. The molecule has 0 spiro atoms. The molecular weight excluding hydrogens is 352 g/mol. The van der Waals surface area contributed by atoms with Gasteiger partial charge >= 0.3 is 0 Å². The Balaban J connectivity index is 1.49. The maximum absolute atomic E-state index is 11.8. The fourth-order valence-corrected chi connectivity index (χ4v) is 4.35. The Morgan fingerprint density at radius 3 is 2.89 bits per heavy atom. The summed E-state index contributed by atoms with van der Waals surface area (Å²) in [6.07, 6.45) is 10.8. The molecule has 2 aromatic heterocycles. The molecule has 1 saturated carbocycles. The van der Waals surface area contributed by atoms with Crippen LogP contribution in [-0.2, 0) is 12.8 Å². The van der Waals surface area contributed by atoms with Gasteiger partial charge in [0, 0.05) is 36.6 Å². The van der Waals surface area contributed by atoms with Crippen LogP contribution in [0.15, 0.2) is 24.5 Å². The minimum atomic E-state index is -0.506. The van der Waals surface area contributed by atoms with Gasteiger partial charge in [0.1, 0.15) is 5.82 Å². The molecule has 0 saturated heterocycles. The second-order valence-electron chi connectivity index (χ2n) is 8.13. The van der Waals surface area contributed by atoms with Crippen LogP contribution in [-0.4, -0.2) is 32.9 Å². The van der Waals surface area contributed by atoms with Crippen LogP contribution in [0.25, 0.3) is 0 Å². The van der Waals surface area contributed by atoms with Gasteiger partial charge in [-0.2, -0.15) is 4.98 Å². The smallest absolute Gasteiger partial charge is 0.254 e. The largest absolute Gasteiger partial charge is 0.366 e. The number of pyridine rings is 1. The third-order valence-corrected chi connectivity index (χ3v) is 5.85. The molecule has 28 heavy (non-hydrogen) atoms. The van der Waals surface area contributed by atoms with Crippen molar-refractivity contribution in [2.45, 2.75) is 64.0 Å². The number of anilines is 2. The molecule has 7 heteroatoms. The first-order valence-corrected chi connectivity index (χ1v) is 10.2. The lowest BCUT2D eigenvalue weighted by atomic mass is 9.87. The molecule has 0 aliphatic heterocycles. The summed E-state index contributed by atoms with van der Waals surface area (Å²) < 4.78 is 0. The molecule has 2 aromatic rings. The number of hydrogen-bond acceptors (Lipinski definition) is 6. The Labute approximate surface area is 165 Å². The Morgan fingerprint density at radius 1 is 1.18 bits per heavy atom. The van der Waals surface area contributed by atoms with Gasteiger partial charge in [-0.3, -0.25) is 9.78 Å². The first kappa shape index (κ1) is 18.7. The number of nitrogens with one attached hydrogen (secondary N) is 2. The quantitative estimate of drug-likeness (QED) is 0.736. The summed E-state index contributed by atoms with van der Waals surface area (Å²) >= 11 is 0. The molecule has 148 valence electrons. The highest BCUT2D eigenvalue weighted by atomic mass is 16.1. The molecular formula is C21H28N6O. The molecule has 3 atom stereocenters. The number of fused-ring (bicyclic) bond motifs is 1. The molecule has 2 aliphatic carbocycles. The van der Waals surface area contributed by atoms with Crippen LogP contribution >= 0.6 is 0 Å². The molecule has 1 fully saturated rings. The van der Waals surface area contributed by atoms with E-state index in [0.717, 1.165) is 37.8 Å². The van der Waals surface area contributed by atoms with Crippen LogP contribution in [0, 0.1) is 5.92 Å². The number of rotatable bonds is 5. The molecule has 4 rings (SSSR count). The fourth-order valence-electron chi connectivity index (χ4n) is 4.35. The Morgan fingerprint density at radius 2 is 2.07 bits per heavy atom. The third kappa shape index (κ3) is 4.24. The fraction of sp³-hybridized carbons (Fsp3) is 0.524. The van der Waals surface area contributed by atoms with Gasteiger partial charge in [0.15, 0.2) is 0 Å². The van der Waals surface area contributed by atoms with E-state index >= 15 is 0 Å². The molecule has 0 radical (unpaired) electrons. The van der Waals surface area contributed by atoms with E-state index in [-0.39, 0.29) is 6.04 Å². The van der Waals surface area contributed by atoms with Crippen LogP contribution in [0.5, 0.6) is 0 Å². The lowest BCUT2D eigenvalue weighted by Gasteiger charge is -2.28. The number of carbonyl (C=O) groups excluding carboxylic acids is 1. The SMILES string of the molecule is C[C@H]1CCC[C@@H](Nc2nc(N[C@H]3CCc4cccnc4C3)ncc2C(N)=O)C1. The highest BCUT2D eigenvalue weighted by molar-refractivity contribution is 5.97. The van der Waals surface area contributed by atoms with Gasteiger partial charge in [0.2, 0.25) is 5.95 Å². The number of carbonyl (C=O) groups is 1. The van der Waals surface area contributed by atoms with Crippen molar-refractivity contribution in [2.75, 3.05) is 10.6 Å². The molecule has 0 bridgehead atoms. The molecule has 2 heterocycles. The van der Waals surface area contributed by atoms with Crippen molar-refractivity contribution in [3.05, 3.63) is 41.3 Å². The van der Waals surface area contributed by atoms with Crippen molar-refractivity contribution in [2.24, 2.45) is 11.7 Å². The Bertz CT molecular complexity index is 855. The number of nitrogens with two attached hydrogens (primary N) is 1. The highest BCUT2D eigenvalue weighted by Gasteiger charge is 2.23. The van der Waals surface area contributed by atoms with Crippen LogP contribution in [0.4, 0.5) is 11.8 Å². The van der Waals surface area contributed by atoms with Crippen molar-refractivity contribution in [1.82, 2.24) is 15.0 Å². The normalized spacial score (nSPS) is 24.2. The van der Waals surface area contributed by atoms with E-state index in [2.05, 4.69) is 38.6 Å². The monoisotopic (exact) mass is 380 g/mol. The van der Waals surface area contributed by atoms with Crippen molar-refractivity contribution >= 4 is 17.7 Å². The highest BCUT2D eigenvalue weighted by Crippen LogP contribution is 2.27. The standard InChI is InChI=1S/C21H28N6O/c1-13-4-2-6-15(10-13)25-20-17(19(22)28)12-24-21(27-20)26-16-8-7-14-5-3-9-23-18(14)11-16/h3,5,9,12-13,15-16H,2,4,6-8,10-11H2,1H3,(H2,22,28)(H2,24,25,26,27)/t13-,15+,16-/m0/s1. The van der Waals surface area contributed by atoms with Gasteiger partial charge in [0.25, 0.3) is 5.91 Å². The van der Waals surface area contributed by atoms with Crippen LogP contribution < -0.4 is 16.4 Å². The van der Waals surface area contributed by atoms with Crippen molar-refractivity contribution in [3.8, 4) is 0 Å². The first-order valence-electron chi connectivity index (χ1n) is 10.2. The molecule has 1 amide bonds. The number of amides is 1. The zero-order valence-electron chi connectivity index (χ0n) is 16.3. The average molecular weight is 380 g/mol. The number of hydrogen-bond donors (Lipinski definition) is 3. The summed E-state index contributed by atoms with van der Waals surface area (Å²) in [5.74, 6) is 1.24. The molecule has 4 N–H and O–H groups in total. The topological polar surface area (TPSA) is 106 Å². The predicted octanol–water partition coefficient (Wildman–Crippen LogP) is 2.93. The Kier molecular flexibility index (Phi) is 5.41. The van der Waals surface area contributed by atoms with Gasteiger partial charge in [0.05, 0.1) is 5.56 Å². The first-order chi connectivity index (χ1) is 13.6. The van der Waals surface area contributed by atoms with E-state index in [4.69, 9.17) is 5.73 Å². The van der Waals surface area contributed by atoms with E-state index in [9.17, 15) is 4.79 Å². The summed E-state index contributed by atoms with van der Waals surface area (Å²) in [5, 5.41) is 6.87. The number of aryl methyl sites for hydroxylation is 1. The number of primary amides is 1. The van der Waals surface area contributed by atoms with Gasteiger partial charge in [-0.25, -0.2) is 4.98 Å². The number of aromatic nitrogens is 3. The van der Waals surface area contributed by atoms with E-state index in [1.807, 2.05) is 12.3 Å². The molecule has 2 aliphatic rings. The van der Waals surface area contributed by atoms with E-state index in [1.165, 1.54) is 24.6 Å². The molecule has 0 unspecified atom stereocenters. The second kappa shape index (κ2) is 8.12. The number of nitrogens with zero attached hydrogens (tertiary/aromatic N) is 3. The van der Waals surface area contributed by atoms with Crippen molar-refractivity contribution in [3.63, 3.8) is 0 Å². The van der Waals surface area contributed by atoms with E-state index in [0.29, 0.717) is 29.3 Å². The minimum absolute atomic E-state index is 0.226. The van der Waals surface area contributed by atoms with Gasteiger partial charge in [-0.1, -0.05) is 25.8 Å². The van der Waals surface area contributed by atoms with Gasteiger partial charge in [-0.05, 0) is 43.2 Å². The van der Waals surface area contributed by atoms with E-state index in [1.54, 1.807) is 0 Å². The summed E-state index contributed by atoms with van der Waals surface area (Å²) in [6.45, 7) is 2.27. The van der Waals surface area contributed by atoms with Crippen LogP contribution in [0.3, 0.4) is 0 Å². The zero-order chi connectivity index (χ0) is 19.5. The lowest BCUT2D eigenvalue weighted by molar-refractivity contribution is 0.100. The zero-order valence-corrected chi connectivity index (χ0v) is 16.3. The maximum atomic E-state index is 11.8. The van der Waals surface area contributed by atoms with Crippen LogP contribution in [0.1, 0.15) is 60.6 Å². The van der Waals surface area contributed by atoms with Crippen molar-refractivity contribution in [1.29, 1.82) is 0 Å². The molecule has 0 aromatic carbocycles. The summed E-state index contributed by atoms with van der Waals surface area (Å²) in [7, 11) is 0. The van der Waals surface area contributed by atoms with E-state index < -0.39 is 5.91 Å². The summed E-state index contributed by atoms with van der Waals surface area (Å²) in [4.78, 5) is 25.3. The van der Waals surface area contributed by atoms with Gasteiger partial charge < -0.3 is 16.4 Å².